The number of unbranched alkanes of at least 4 members (excludes halogenated alkanes) is 1. The van der Waals surface area contributed by atoms with E-state index in [1.165, 1.54) is 4.31 Å². The molecule has 1 heterocycles. The molecule has 1 aliphatic rings. The predicted octanol–water partition coefficient (Wildman–Crippen LogP) is 0.560. The Morgan fingerprint density at radius 2 is 2.00 bits per heavy atom. The lowest BCUT2D eigenvalue weighted by atomic mass is 10.1. The summed E-state index contributed by atoms with van der Waals surface area (Å²) >= 11 is 0. The van der Waals surface area contributed by atoms with Gasteiger partial charge in [0.05, 0.1) is 0 Å². The van der Waals surface area contributed by atoms with E-state index >= 15 is 0 Å². The van der Waals surface area contributed by atoms with Crippen molar-refractivity contribution < 1.29 is 18.3 Å². The summed E-state index contributed by atoms with van der Waals surface area (Å²) in [5.41, 5.74) is 0. The Kier molecular flexibility index (Phi) is 5.35. The minimum absolute atomic E-state index is 0.332. The van der Waals surface area contributed by atoms with Crippen molar-refractivity contribution in [1.29, 1.82) is 0 Å². The minimum atomic E-state index is -3.63. The number of nitrogens with one attached hydrogen (secondary N) is 1. The molecule has 1 saturated heterocycles. The van der Waals surface area contributed by atoms with Gasteiger partial charge in [0.25, 0.3) is 10.2 Å². The molecule has 6 nitrogen and oxygen atoms in total. The first-order valence-electron chi connectivity index (χ1n) is 5.97. The number of hydrogen-bond acceptors (Lipinski definition) is 3. The molecule has 1 rings (SSSR count). The van der Waals surface area contributed by atoms with Crippen LogP contribution in [0, 0.1) is 0 Å². The van der Waals surface area contributed by atoms with E-state index in [9.17, 15) is 13.2 Å². The third kappa shape index (κ3) is 4.25. The first kappa shape index (κ1) is 14.4. The first-order chi connectivity index (χ1) is 7.97. The molecule has 1 atom stereocenters. The molecular weight excluding hydrogens is 244 g/mol. The molecule has 0 radical (unpaired) electrons. The summed E-state index contributed by atoms with van der Waals surface area (Å²) in [6.07, 6.45) is 3.55. The summed E-state index contributed by atoms with van der Waals surface area (Å²) in [6.45, 7) is 2.90. The Morgan fingerprint density at radius 3 is 2.47 bits per heavy atom. The van der Waals surface area contributed by atoms with Crippen LogP contribution in [0.4, 0.5) is 0 Å². The van der Waals surface area contributed by atoms with Crippen LogP contribution in [0.1, 0.15) is 39.0 Å². The molecule has 7 heteroatoms. The Balaban J connectivity index is 2.61. The second kappa shape index (κ2) is 6.32. The smallest absolute Gasteiger partial charge is 0.321 e. The average molecular weight is 264 g/mol. The van der Waals surface area contributed by atoms with Crippen molar-refractivity contribution in [1.82, 2.24) is 9.03 Å². The molecule has 0 spiro atoms. The Morgan fingerprint density at radius 1 is 1.41 bits per heavy atom. The zero-order chi connectivity index (χ0) is 12.9. The summed E-state index contributed by atoms with van der Waals surface area (Å²) in [6, 6.07) is -1.01. The fourth-order valence-electron chi connectivity index (χ4n) is 1.82. The molecule has 100 valence electrons. The quantitative estimate of drug-likeness (QED) is 0.703. The predicted molar refractivity (Wildman–Crippen MR) is 63.8 cm³/mol. The molecule has 17 heavy (non-hydrogen) atoms. The third-order valence-corrected chi connectivity index (χ3v) is 4.47. The van der Waals surface area contributed by atoms with Crippen molar-refractivity contribution in [2.75, 3.05) is 13.1 Å². The van der Waals surface area contributed by atoms with E-state index in [0.29, 0.717) is 25.9 Å². The number of carbonyl (C=O) groups is 1. The maximum absolute atomic E-state index is 11.9. The van der Waals surface area contributed by atoms with E-state index < -0.39 is 22.2 Å². The van der Waals surface area contributed by atoms with Crippen LogP contribution in [0.3, 0.4) is 0 Å². The summed E-state index contributed by atoms with van der Waals surface area (Å²) < 4.78 is 27.3. The van der Waals surface area contributed by atoms with Gasteiger partial charge in [0.1, 0.15) is 6.04 Å². The molecule has 0 saturated carbocycles. The van der Waals surface area contributed by atoms with Gasteiger partial charge in [-0.05, 0) is 19.3 Å². The van der Waals surface area contributed by atoms with Gasteiger partial charge in [0, 0.05) is 13.1 Å². The lowest BCUT2D eigenvalue weighted by Crippen LogP contribution is -2.47. The summed E-state index contributed by atoms with van der Waals surface area (Å²) in [5.74, 6) is -1.11. The molecule has 1 aliphatic heterocycles. The Hall–Kier alpha value is -0.660. The lowest BCUT2D eigenvalue weighted by molar-refractivity contribution is -0.139. The molecule has 0 aromatic carbocycles. The van der Waals surface area contributed by atoms with Crippen LogP contribution in [0.5, 0.6) is 0 Å². The van der Waals surface area contributed by atoms with Gasteiger partial charge >= 0.3 is 5.97 Å². The van der Waals surface area contributed by atoms with Gasteiger partial charge in [0.15, 0.2) is 0 Å². The number of carboxylic acid groups (broad SMARTS) is 1. The summed E-state index contributed by atoms with van der Waals surface area (Å²) in [5, 5.41) is 8.96. The van der Waals surface area contributed by atoms with Crippen LogP contribution in [-0.2, 0) is 15.0 Å². The number of hydrogen-bond donors (Lipinski definition) is 2. The molecule has 0 bridgehead atoms. The fraction of sp³-hybridized carbons (Fsp3) is 0.900. The highest BCUT2D eigenvalue weighted by Crippen LogP contribution is 2.13. The molecule has 0 unspecified atom stereocenters. The van der Waals surface area contributed by atoms with Crippen LogP contribution in [-0.4, -0.2) is 42.9 Å². The van der Waals surface area contributed by atoms with Gasteiger partial charge in [-0.2, -0.15) is 17.4 Å². The van der Waals surface area contributed by atoms with Crippen molar-refractivity contribution >= 4 is 16.2 Å². The van der Waals surface area contributed by atoms with Crippen LogP contribution in [0.25, 0.3) is 0 Å². The molecule has 1 fully saturated rings. The maximum atomic E-state index is 11.9. The highest BCUT2D eigenvalue weighted by atomic mass is 32.2. The number of rotatable bonds is 7. The number of nitrogens with zero attached hydrogens (tertiary/aromatic N) is 1. The van der Waals surface area contributed by atoms with E-state index in [-0.39, 0.29) is 0 Å². The van der Waals surface area contributed by atoms with E-state index in [1.807, 2.05) is 6.92 Å². The normalized spacial score (nSPS) is 19.4. The van der Waals surface area contributed by atoms with Crippen LogP contribution >= 0.6 is 0 Å². The number of aliphatic carboxylic acids is 1. The van der Waals surface area contributed by atoms with Crippen molar-refractivity contribution in [3.63, 3.8) is 0 Å². The zero-order valence-corrected chi connectivity index (χ0v) is 10.9. The van der Waals surface area contributed by atoms with Crippen molar-refractivity contribution in [3.8, 4) is 0 Å². The summed E-state index contributed by atoms with van der Waals surface area (Å²) in [4.78, 5) is 11.0. The molecule has 0 aromatic rings. The maximum Gasteiger partial charge on any atom is 0.321 e. The molecule has 2 N–H and O–H groups in total. The molecular formula is C10H20N2O4S. The van der Waals surface area contributed by atoms with Crippen molar-refractivity contribution in [2.45, 2.75) is 45.1 Å². The second-order valence-electron chi connectivity index (χ2n) is 4.26. The Labute approximate surface area is 102 Å². The number of carboxylic acids is 1. The van der Waals surface area contributed by atoms with Crippen LogP contribution < -0.4 is 4.72 Å². The van der Waals surface area contributed by atoms with Crippen molar-refractivity contribution in [2.24, 2.45) is 0 Å². The summed E-state index contributed by atoms with van der Waals surface area (Å²) in [7, 11) is -3.63. The van der Waals surface area contributed by atoms with Crippen LogP contribution in [0.2, 0.25) is 0 Å². The lowest BCUT2D eigenvalue weighted by Gasteiger charge is -2.20. The monoisotopic (exact) mass is 264 g/mol. The topological polar surface area (TPSA) is 86.7 Å². The van der Waals surface area contributed by atoms with Gasteiger partial charge in [-0.1, -0.05) is 19.8 Å². The molecule has 0 aromatic heterocycles. The highest BCUT2D eigenvalue weighted by molar-refractivity contribution is 7.87. The Bertz CT molecular complexity index is 349. The zero-order valence-electron chi connectivity index (χ0n) is 10.1. The fourth-order valence-corrected chi connectivity index (χ4v) is 3.29. The third-order valence-electron chi connectivity index (χ3n) is 2.84. The van der Waals surface area contributed by atoms with E-state index in [1.54, 1.807) is 0 Å². The van der Waals surface area contributed by atoms with Crippen molar-refractivity contribution in [3.05, 3.63) is 0 Å². The minimum Gasteiger partial charge on any atom is -0.480 e. The van der Waals surface area contributed by atoms with Crippen LogP contribution in [0.15, 0.2) is 0 Å². The second-order valence-corrected chi connectivity index (χ2v) is 5.96. The standard InChI is InChI=1S/C10H20N2O4S/c1-2-3-6-9(10(13)14)11-17(15,16)12-7-4-5-8-12/h9,11H,2-8H2,1H3,(H,13,14)/t9-/m0/s1. The van der Waals surface area contributed by atoms with Gasteiger partial charge < -0.3 is 5.11 Å². The van der Waals surface area contributed by atoms with E-state index in [0.717, 1.165) is 19.3 Å². The van der Waals surface area contributed by atoms with Gasteiger partial charge in [-0.25, -0.2) is 0 Å². The van der Waals surface area contributed by atoms with E-state index in [4.69, 9.17) is 5.11 Å². The molecule has 0 aliphatic carbocycles. The van der Waals surface area contributed by atoms with Gasteiger partial charge in [0.2, 0.25) is 0 Å². The molecule has 0 amide bonds. The largest absolute Gasteiger partial charge is 0.480 e. The van der Waals surface area contributed by atoms with Gasteiger partial charge in [-0.3, -0.25) is 4.79 Å². The SMILES string of the molecule is CCCC[C@H](NS(=O)(=O)N1CCCC1)C(=O)O. The van der Waals surface area contributed by atoms with Gasteiger partial charge in [-0.15, -0.1) is 0 Å². The van der Waals surface area contributed by atoms with E-state index in [2.05, 4.69) is 4.72 Å². The first-order valence-corrected chi connectivity index (χ1v) is 7.41. The highest BCUT2D eigenvalue weighted by Gasteiger charge is 2.30. The average Bonchev–Trinajstić information content (AvgIpc) is 2.77.